The second-order valence-corrected chi connectivity index (χ2v) is 3.79. The molecule has 0 amide bonds. The van der Waals surface area contributed by atoms with Crippen LogP contribution in [-0.2, 0) is 0 Å². The Morgan fingerprint density at radius 1 is 1.67 bits per heavy atom. The molecule has 70 valence electrons. The summed E-state index contributed by atoms with van der Waals surface area (Å²) in [5, 5.41) is 9.96. The first-order valence-corrected chi connectivity index (χ1v) is 4.89. The molecule has 1 fully saturated rings. The third-order valence-electron chi connectivity index (χ3n) is 1.97. The van der Waals surface area contributed by atoms with Gasteiger partial charge in [-0.25, -0.2) is 0 Å². The van der Waals surface area contributed by atoms with Gasteiger partial charge in [0.25, 0.3) is 0 Å². The molecule has 0 bridgehead atoms. The SMILES string of the molecule is O[C@H]1CCCN(CC(Cl)=CCl)C1. The number of piperidine rings is 1. The molecule has 1 aliphatic heterocycles. The number of likely N-dealkylation sites (tertiary alicyclic amines) is 1. The molecular weight excluding hydrogens is 197 g/mol. The van der Waals surface area contributed by atoms with Gasteiger partial charge in [0.1, 0.15) is 0 Å². The second-order valence-electron chi connectivity index (χ2n) is 3.09. The highest BCUT2D eigenvalue weighted by Gasteiger charge is 2.17. The van der Waals surface area contributed by atoms with E-state index in [4.69, 9.17) is 23.2 Å². The van der Waals surface area contributed by atoms with Crippen molar-refractivity contribution in [3.63, 3.8) is 0 Å². The van der Waals surface area contributed by atoms with Crippen molar-refractivity contribution >= 4 is 23.2 Å². The summed E-state index contributed by atoms with van der Waals surface area (Å²) < 4.78 is 0. The molecule has 4 heteroatoms. The Hall–Kier alpha value is 0.240. The molecule has 1 heterocycles. The number of halogens is 2. The van der Waals surface area contributed by atoms with Gasteiger partial charge in [0.2, 0.25) is 0 Å². The zero-order valence-corrected chi connectivity index (χ0v) is 8.35. The minimum absolute atomic E-state index is 0.196. The number of rotatable bonds is 2. The summed E-state index contributed by atoms with van der Waals surface area (Å²) in [6.45, 7) is 2.36. The van der Waals surface area contributed by atoms with Crippen LogP contribution in [0.15, 0.2) is 10.6 Å². The molecule has 1 atom stereocenters. The fourth-order valence-corrected chi connectivity index (χ4v) is 1.66. The maximum Gasteiger partial charge on any atom is 0.0667 e. The Bertz CT molecular complexity index is 172. The van der Waals surface area contributed by atoms with Crippen LogP contribution in [0.3, 0.4) is 0 Å². The smallest absolute Gasteiger partial charge is 0.0667 e. The third kappa shape index (κ3) is 3.31. The average Bonchev–Trinajstić information content (AvgIpc) is 2.04. The lowest BCUT2D eigenvalue weighted by molar-refractivity contribution is 0.0766. The zero-order valence-electron chi connectivity index (χ0n) is 6.84. The van der Waals surface area contributed by atoms with Crippen molar-refractivity contribution in [2.45, 2.75) is 18.9 Å². The van der Waals surface area contributed by atoms with Crippen molar-refractivity contribution in [2.24, 2.45) is 0 Å². The molecule has 0 radical (unpaired) electrons. The van der Waals surface area contributed by atoms with Gasteiger partial charge in [0.05, 0.1) is 6.10 Å². The van der Waals surface area contributed by atoms with E-state index < -0.39 is 0 Å². The zero-order chi connectivity index (χ0) is 8.97. The van der Waals surface area contributed by atoms with Crippen molar-refractivity contribution in [2.75, 3.05) is 19.6 Å². The number of β-amino-alcohol motifs (C(OH)–C–C–N with tert-alkyl or cyclic N) is 1. The van der Waals surface area contributed by atoms with Crippen molar-refractivity contribution in [1.82, 2.24) is 4.90 Å². The molecule has 0 aromatic carbocycles. The van der Waals surface area contributed by atoms with Crippen LogP contribution in [0, 0.1) is 0 Å². The van der Waals surface area contributed by atoms with Gasteiger partial charge in [-0.1, -0.05) is 23.2 Å². The van der Waals surface area contributed by atoms with E-state index in [9.17, 15) is 5.11 Å². The highest BCUT2D eigenvalue weighted by molar-refractivity contribution is 6.36. The molecule has 0 aliphatic carbocycles. The van der Waals surface area contributed by atoms with Crippen LogP contribution >= 0.6 is 23.2 Å². The maximum absolute atomic E-state index is 9.33. The molecule has 0 spiro atoms. The van der Waals surface area contributed by atoms with Gasteiger partial charge in [-0.2, -0.15) is 0 Å². The van der Waals surface area contributed by atoms with E-state index in [0.29, 0.717) is 18.1 Å². The van der Waals surface area contributed by atoms with Crippen molar-refractivity contribution < 1.29 is 5.11 Å². The molecule has 2 nitrogen and oxygen atoms in total. The fourth-order valence-electron chi connectivity index (χ4n) is 1.42. The van der Waals surface area contributed by atoms with E-state index in [1.54, 1.807) is 0 Å². The molecule has 0 unspecified atom stereocenters. The van der Waals surface area contributed by atoms with Crippen molar-refractivity contribution in [3.05, 3.63) is 10.6 Å². The summed E-state index contributed by atoms with van der Waals surface area (Å²) >= 11 is 11.2. The minimum Gasteiger partial charge on any atom is -0.392 e. The predicted octanol–water partition coefficient (Wildman–Crippen LogP) is 1.76. The standard InChI is InChI=1S/C8H13Cl2NO/c9-4-7(10)5-11-3-1-2-8(12)6-11/h4,8,12H,1-3,5-6H2/t8-/m0/s1. The molecule has 1 saturated heterocycles. The number of hydrogen-bond acceptors (Lipinski definition) is 2. The topological polar surface area (TPSA) is 23.5 Å². The molecule has 12 heavy (non-hydrogen) atoms. The summed E-state index contributed by atoms with van der Waals surface area (Å²) in [4.78, 5) is 2.11. The molecule has 0 aromatic heterocycles. The van der Waals surface area contributed by atoms with Crippen molar-refractivity contribution in [1.29, 1.82) is 0 Å². The minimum atomic E-state index is -0.196. The molecule has 0 saturated carbocycles. The highest BCUT2D eigenvalue weighted by atomic mass is 35.5. The Morgan fingerprint density at radius 3 is 3.00 bits per heavy atom. The van der Waals surface area contributed by atoms with Gasteiger partial charge in [-0.3, -0.25) is 4.90 Å². The van der Waals surface area contributed by atoms with Gasteiger partial charge in [-0.15, -0.1) is 0 Å². The normalized spacial score (nSPS) is 27.6. The van der Waals surface area contributed by atoms with Crippen LogP contribution in [0.4, 0.5) is 0 Å². The van der Waals surface area contributed by atoms with E-state index in [1.807, 2.05) is 0 Å². The van der Waals surface area contributed by atoms with E-state index in [-0.39, 0.29) is 6.10 Å². The van der Waals surface area contributed by atoms with Gasteiger partial charge < -0.3 is 5.11 Å². The molecule has 1 rings (SSSR count). The molecule has 0 aromatic rings. The summed E-state index contributed by atoms with van der Waals surface area (Å²) in [6.07, 6.45) is 1.74. The number of aliphatic hydroxyl groups excluding tert-OH is 1. The first-order chi connectivity index (χ1) is 5.72. The van der Waals surface area contributed by atoms with Gasteiger partial charge in [0.15, 0.2) is 0 Å². The first-order valence-electron chi connectivity index (χ1n) is 4.07. The van der Waals surface area contributed by atoms with Crippen LogP contribution in [0.2, 0.25) is 0 Å². The summed E-state index contributed by atoms with van der Waals surface area (Å²) in [7, 11) is 0. The van der Waals surface area contributed by atoms with E-state index in [1.165, 1.54) is 5.54 Å². The van der Waals surface area contributed by atoms with Gasteiger partial charge in [-0.05, 0) is 19.4 Å². The van der Waals surface area contributed by atoms with E-state index in [2.05, 4.69) is 4.90 Å². The molecule has 1 N–H and O–H groups in total. The molecular formula is C8H13Cl2NO. The third-order valence-corrected chi connectivity index (χ3v) is 2.58. The highest BCUT2D eigenvalue weighted by Crippen LogP contribution is 2.13. The second kappa shape index (κ2) is 5.07. The average molecular weight is 210 g/mol. The Balaban J connectivity index is 2.32. The van der Waals surface area contributed by atoms with Crippen LogP contribution < -0.4 is 0 Å². The largest absolute Gasteiger partial charge is 0.392 e. The van der Waals surface area contributed by atoms with E-state index in [0.717, 1.165) is 19.4 Å². The summed E-state index contributed by atoms with van der Waals surface area (Å²) in [5.74, 6) is 0. The molecule has 1 aliphatic rings. The Labute approximate surface area is 82.8 Å². The number of hydrogen-bond donors (Lipinski definition) is 1. The van der Waals surface area contributed by atoms with E-state index >= 15 is 0 Å². The van der Waals surface area contributed by atoms with Crippen LogP contribution in [0.25, 0.3) is 0 Å². The lowest BCUT2D eigenvalue weighted by Crippen LogP contribution is -2.38. The maximum atomic E-state index is 9.33. The predicted molar refractivity (Wildman–Crippen MR) is 51.5 cm³/mol. The summed E-state index contributed by atoms with van der Waals surface area (Å²) in [6, 6.07) is 0. The van der Waals surface area contributed by atoms with Crippen LogP contribution in [0.5, 0.6) is 0 Å². The summed E-state index contributed by atoms with van der Waals surface area (Å²) in [5.41, 5.74) is 1.38. The van der Waals surface area contributed by atoms with Crippen molar-refractivity contribution in [3.8, 4) is 0 Å². The van der Waals surface area contributed by atoms with Crippen LogP contribution in [-0.4, -0.2) is 35.7 Å². The van der Waals surface area contributed by atoms with Gasteiger partial charge >= 0.3 is 0 Å². The fraction of sp³-hybridized carbons (Fsp3) is 0.750. The van der Waals surface area contributed by atoms with Crippen LogP contribution in [0.1, 0.15) is 12.8 Å². The lowest BCUT2D eigenvalue weighted by Gasteiger charge is -2.29. The lowest BCUT2D eigenvalue weighted by atomic mass is 10.1. The first kappa shape index (κ1) is 10.3. The van der Waals surface area contributed by atoms with Gasteiger partial charge in [0, 0.05) is 23.7 Å². The quantitative estimate of drug-likeness (QED) is 0.750. The number of nitrogens with zero attached hydrogens (tertiary/aromatic N) is 1. The monoisotopic (exact) mass is 209 g/mol. The number of aliphatic hydroxyl groups is 1. The Kier molecular flexibility index (Phi) is 4.36. The Morgan fingerprint density at radius 2 is 2.42 bits per heavy atom.